The molecular formula is C22H24N6O2. The highest BCUT2D eigenvalue weighted by atomic mass is 16.3. The van der Waals surface area contributed by atoms with E-state index in [1.165, 1.54) is 0 Å². The molecule has 3 heterocycles. The number of hydrogen-bond donors (Lipinski definition) is 3. The Balaban J connectivity index is 1.48. The van der Waals surface area contributed by atoms with Crippen molar-refractivity contribution in [2.24, 2.45) is 13.0 Å². The van der Waals surface area contributed by atoms with Crippen molar-refractivity contribution in [3.63, 3.8) is 0 Å². The van der Waals surface area contributed by atoms with Crippen molar-refractivity contribution >= 4 is 11.5 Å². The maximum atomic E-state index is 10.3. The number of aromatic nitrogens is 5. The zero-order valence-corrected chi connectivity index (χ0v) is 16.8. The molecule has 1 aliphatic carbocycles. The molecule has 8 nitrogen and oxygen atoms in total. The monoisotopic (exact) mass is 404 g/mol. The van der Waals surface area contributed by atoms with E-state index < -0.39 is 12.2 Å². The maximum Gasteiger partial charge on any atom is 0.157 e. The van der Waals surface area contributed by atoms with E-state index in [0.29, 0.717) is 12.1 Å². The van der Waals surface area contributed by atoms with Gasteiger partial charge in [-0.25, -0.2) is 4.98 Å². The molecule has 1 saturated carbocycles. The Morgan fingerprint density at radius 1 is 1.07 bits per heavy atom. The van der Waals surface area contributed by atoms with Crippen LogP contribution in [-0.2, 0) is 7.05 Å². The third-order valence-corrected chi connectivity index (χ3v) is 5.86. The Hall–Kier alpha value is -3.23. The van der Waals surface area contributed by atoms with Crippen LogP contribution in [0, 0.1) is 5.92 Å². The minimum absolute atomic E-state index is 0.0400. The second-order valence-corrected chi connectivity index (χ2v) is 8.06. The lowest BCUT2D eigenvalue weighted by Gasteiger charge is -2.19. The number of benzene rings is 1. The molecule has 8 heteroatoms. The number of rotatable bonds is 4. The van der Waals surface area contributed by atoms with Crippen molar-refractivity contribution in [3.05, 3.63) is 55.0 Å². The number of aliphatic hydroxyl groups excluding tert-OH is 2. The van der Waals surface area contributed by atoms with Crippen LogP contribution in [0.3, 0.4) is 0 Å². The van der Waals surface area contributed by atoms with Gasteiger partial charge in [-0.1, -0.05) is 25.1 Å². The van der Waals surface area contributed by atoms with Gasteiger partial charge in [0.15, 0.2) is 5.65 Å². The summed E-state index contributed by atoms with van der Waals surface area (Å²) in [5.41, 5.74) is 4.62. The first-order valence-corrected chi connectivity index (χ1v) is 10.1. The molecule has 5 rings (SSSR count). The lowest BCUT2D eigenvalue weighted by molar-refractivity contribution is 0.0210. The van der Waals surface area contributed by atoms with Crippen LogP contribution in [-0.4, -0.2) is 52.8 Å². The summed E-state index contributed by atoms with van der Waals surface area (Å²) in [5.74, 6) is 0.776. The first kappa shape index (κ1) is 18.8. The smallest absolute Gasteiger partial charge is 0.157 e. The SMILES string of the molecule is C[C@@H]1C[C@@H](Nc2ccnc3cc(-c4cccc(-c5cnn(C)c5)c4)nn23)[C@H](O)[C@@H]1O. The van der Waals surface area contributed by atoms with Crippen molar-refractivity contribution in [1.82, 2.24) is 24.4 Å². The molecule has 1 aromatic carbocycles. The summed E-state index contributed by atoms with van der Waals surface area (Å²) in [7, 11) is 1.90. The third-order valence-electron chi connectivity index (χ3n) is 5.86. The molecule has 154 valence electrons. The van der Waals surface area contributed by atoms with Gasteiger partial charge < -0.3 is 15.5 Å². The molecule has 3 N–H and O–H groups in total. The summed E-state index contributed by atoms with van der Waals surface area (Å²) in [4.78, 5) is 4.43. The first-order valence-electron chi connectivity index (χ1n) is 10.1. The number of nitrogens with one attached hydrogen (secondary N) is 1. The van der Waals surface area contributed by atoms with Gasteiger partial charge in [0, 0.05) is 36.6 Å². The van der Waals surface area contributed by atoms with Gasteiger partial charge in [-0.2, -0.15) is 14.7 Å². The Morgan fingerprint density at radius 2 is 1.90 bits per heavy atom. The topological polar surface area (TPSA) is 101 Å². The van der Waals surface area contributed by atoms with Gasteiger partial charge >= 0.3 is 0 Å². The van der Waals surface area contributed by atoms with Gasteiger partial charge in [0.25, 0.3) is 0 Å². The summed E-state index contributed by atoms with van der Waals surface area (Å²) in [6.45, 7) is 1.94. The predicted molar refractivity (Wildman–Crippen MR) is 114 cm³/mol. The molecule has 0 saturated heterocycles. The highest BCUT2D eigenvalue weighted by molar-refractivity contribution is 5.72. The molecule has 1 fully saturated rings. The number of nitrogens with zero attached hydrogens (tertiary/aromatic N) is 5. The summed E-state index contributed by atoms with van der Waals surface area (Å²) >= 11 is 0. The van der Waals surface area contributed by atoms with Crippen LogP contribution in [0.15, 0.2) is 55.0 Å². The van der Waals surface area contributed by atoms with Crippen LogP contribution in [0.25, 0.3) is 28.0 Å². The van der Waals surface area contributed by atoms with E-state index in [1.54, 1.807) is 15.4 Å². The van der Waals surface area contributed by atoms with Crippen LogP contribution >= 0.6 is 0 Å². The van der Waals surface area contributed by atoms with Crippen molar-refractivity contribution < 1.29 is 10.2 Å². The van der Waals surface area contributed by atoms with Crippen molar-refractivity contribution in [1.29, 1.82) is 0 Å². The summed E-state index contributed by atoms with van der Waals surface area (Å²) in [5, 5.41) is 32.7. The molecule has 4 atom stereocenters. The molecule has 0 bridgehead atoms. The fourth-order valence-electron chi connectivity index (χ4n) is 4.16. The van der Waals surface area contributed by atoms with Gasteiger partial charge in [0.1, 0.15) is 11.9 Å². The standard InChI is InChI=1S/C22H24N6O2/c1-13-8-18(22(30)21(13)29)25-19-6-7-23-20-10-17(26-28(19)20)15-5-3-4-14(9-15)16-11-24-27(2)12-16/h3-7,9-13,18,21-22,25,29-30H,8H2,1-2H3/t13-,18-,21-,22+/m1/s1. The molecule has 1 aliphatic rings. The largest absolute Gasteiger partial charge is 0.390 e. The van der Waals surface area contributed by atoms with Crippen LogP contribution in [0.5, 0.6) is 0 Å². The quantitative estimate of drug-likeness (QED) is 0.483. The van der Waals surface area contributed by atoms with Crippen LogP contribution < -0.4 is 5.32 Å². The van der Waals surface area contributed by atoms with Crippen LogP contribution in [0.2, 0.25) is 0 Å². The second-order valence-electron chi connectivity index (χ2n) is 8.06. The highest BCUT2D eigenvalue weighted by Gasteiger charge is 2.39. The average Bonchev–Trinajstić information content (AvgIpc) is 3.44. The van der Waals surface area contributed by atoms with E-state index in [4.69, 9.17) is 5.10 Å². The minimum Gasteiger partial charge on any atom is -0.390 e. The molecule has 0 radical (unpaired) electrons. The average molecular weight is 404 g/mol. The van der Waals surface area contributed by atoms with Gasteiger partial charge in [-0.15, -0.1) is 0 Å². The number of aryl methyl sites for hydroxylation is 1. The van der Waals surface area contributed by atoms with Crippen molar-refractivity contribution in [2.45, 2.75) is 31.6 Å². The summed E-state index contributed by atoms with van der Waals surface area (Å²) in [6.07, 6.45) is 4.70. The fraction of sp³-hybridized carbons (Fsp3) is 0.318. The van der Waals surface area contributed by atoms with Crippen molar-refractivity contribution in [3.8, 4) is 22.4 Å². The maximum absolute atomic E-state index is 10.3. The van der Waals surface area contributed by atoms with E-state index in [-0.39, 0.29) is 12.0 Å². The van der Waals surface area contributed by atoms with E-state index in [9.17, 15) is 10.2 Å². The van der Waals surface area contributed by atoms with E-state index in [2.05, 4.69) is 27.5 Å². The van der Waals surface area contributed by atoms with Crippen molar-refractivity contribution in [2.75, 3.05) is 5.32 Å². The van der Waals surface area contributed by atoms with Gasteiger partial charge in [0.05, 0.1) is 24.0 Å². The lowest BCUT2D eigenvalue weighted by Crippen LogP contribution is -2.35. The molecule has 0 amide bonds. The van der Waals surface area contributed by atoms with Crippen LogP contribution in [0.4, 0.5) is 5.82 Å². The number of aliphatic hydroxyl groups is 2. The molecule has 0 aliphatic heterocycles. The van der Waals surface area contributed by atoms with E-state index in [1.807, 2.05) is 50.6 Å². The molecule has 30 heavy (non-hydrogen) atoms. The lowest BCUT2D eigenvalue weighted by atomic mass is 10.0. The zero-order chi connectivity index (χ0) is 20.8. The Labute approximate surface area is 173 Å². The second kappa shape index (κ2) is 7.23. The number of hydrogen-bond acceptors (Lipinski definition) is 6. The molecule has 3 aromatic heterocycles. The van der Waals surface area contributed by atoms with E-state index in [0.717, 1.165) is 28.2 Å². The van der Waals surface area contributed by atoms with Gasteiger partial charge in [-0.3, -0.25) is 4.68 Å². The third kappa shape index (κ3) is 3.24. The normalized spacial score (nSPS) is 23.9. The fourth-order valence-corrected chi connectivity index (χ4v) is 4.16. The van der Waals surface area contributed by atoms with Gasteiger partial charge in [-0.05, 0) is 30.0 Å². The Morgan fingerprint density at radius 3 is 2.63 bits per heavy atom. The van der Waals surface area contributed by atoms with E-state index >= 15 is 0 Å². The highest BCUT2D eigenvalue weighted by Crippen LogP contribution is 2.30. The zero-order valence-electron chi connectivity index (χ0n) is 16.8. The first-order chi connectivity index (χ1) is 14.5. The minimum atomic E-state index is -0.811. The van der Waals surface area contributed by atoms with Gasteiger partial charge in [0.2, 0.25) is 0 Å². The number of anilines is 1. The molecular weight excluding hydrogens is 380 g/mol. The summed E-state index contributed by atoms with van der Waals surface area (Å²) in [6, 6.07) is 11.7. The number of fused-ring (bicyclic) bond motifs is 1. The Bertz CT molecular complexity index is 1200. The summed E-state index contributed by atoms with van der Waals surface area (Å²) < 4.78 is 3.53. The predicted octanol–water partition coefficient (Wildman–Crippen LogP) is 2.34. The molecule has 4 aromatic rings. The Kier molecular flexibility index (Phi) is 4.52. The van der Waals surface area contributed by atoms with Crippen LogP contribution in [0.1, 0.15) is 13.3 Å². The molecule has 0 spiro atoms. The molecule has 0 unspecified atom stereocenters.